The highest BCUT2D eigenvalue weighted by atomic mass is 32.2. The Labute approximate surface area is 152 Å². The Bertz CT molecular complexity index is 704. The molecule has 2 aromatic rings. The van der Waals surface area contributed by atoms with Crippen LogP contribution in [-0.4, -0.2) is 42.9 Å². The first-order valence-corrected chi connectivity index (χ1v) is 9.62. The average molecular weight is 357 g/mol. The van der Waals surface area contributed by atoms with E-state index in [2.05, 4.69) is 22.1 Å². The molecule has 1 aromatic carbocycles. The third-order valence-corrected chi connectivity index (χ3v) is 4.92. The number of amides is 1. The van der Waals surface area contributed by atoms with Gasteiger partial charge in [-0.3, -0.25) is 4.79 Å². The van der Waals surface area contributed by atoms with Crippen LogP contribution in [0.1, 0.15) is 22.8 Å². The van der Waals surface area contributed by atoms with Crippen molar-refractivity contribution in [2.24, 2.45) is 0 Å². The summed E-state index contributed by atoms with van der Waals surface area (Å²) in [4.78, 5) is 20.1. The molecule has 3 rings (SSSR count). The van der Waals surface area contributed by atoms with E-state index in [0.29, 0.717) is 12.1 Å². The monoisotopic (exact) mass is 357 g/mol. The number of rotatable bonds is 5. The van der Waals surface area contributed by atoms with Crippen LogP contribution in [0.3, 0.4) is 0 Å². The van der Waals surface area contributed by atoms with Gasteiger partial charge in [0.25, 0.3) is 5.91 Å². The summed E-state index contributed by atoms with van der Waals surface area (Å²) in [6.07, 6.45) is 4.07. The third kappa shape index (κ3) is 4.74. The van der Waals surface area contributed by atoms with Crippen LogP contribution in [0.5, 0.6) is 0 Å². The molecule has 1 unspecified atom stereocenters. The van der Waals surface area contributed by atoms with Crippen molar-refractivity contribution >= 4 is 23.5 Å². The highest BCUT2D eigenvalue weighted by molar-refractivity contribution is 7.98. The molecular formula is C19H23N3O2S. The molecule has 132 valence electrons. The van der Waals surface area contributed by atoms with Crippen LogP contribution < -0.4 is 10.2 Å². The number of morpholine rings is 1. The molecule has 1 aromatic heterocycles. The van der Waals surface area contributed by atoms with Crippen molar-refractivity contribution in [3.63, 3.8) is 0 Å². The number of carbonyl (C=O) groups excluding carboxylic acids is 1. The van der Waals surface area contributed by atoms with Gasteiger partial charge in [-0.15, -0.1) is 11.8 Å². The van der Waals surface area contributed by atoms with Gasteiger partial charge in [0.05, 0.1) is 12.7 Å². The molecule has 1 N–H and O–H groups in total. The molecule has 1 aliphatic heterocycles. The zero-order valence-electron chi connectivity index (χ0n) is 14.6. The molecule has 25 heavy (non-hydrogen) atoms. The van der Waals surface area contributed by atoms with E-state index < -0.39 is 0 Å². The number of thioether (sulfide) groups is 1. The summed E-state index contributed by atoms with van der Waals surface area (Å²) in [6.45, 7) is 4.99. The summed E-state index contributed by atoms with van der Waals surface area (Å²) in [5, 5.41) is 2.94. The lowest BCUT2D eigenvalue weighted by atomic mass is 10.2. The van der Waals surface area contributed by atoms with E-state index in [0.717, 1.165) is 36.0 Å². The lowest BCUT2D eigenvalue weighted by Crippen LogP contribution is -2.41. The van der Waals surface area contributed by atoms with Crippen LogP contribution in [0.25, 0.3) is 0 Å². The Kier molecular flexibility index (Phi) is 5.94. The Hall–Kier alpha value is -2.05. The number of anilines is 1. The van der Waals surface area contributed by atoms with E-state index in [1.807, 2.05) is 48.9 Å². The second-order valence-corrected chi connectivity index (χ2v) is 6.94. The summed E-state index contributed by atoms with van der Waals surface area (Å²) in [5.41, 5.74) is 1.66. The number of hydrogen-bond donors (Lipinski definition) is 1. The Morgan fingerprint density at radius 2 is 2.12 bits per heavy atom. The summed E-state index contributed by atoms with van der Waals surface area (Å²) in [6, 6.07) is 11.6. The minimum atomic E-state index is -0.0706. The highest BCUT2D eigenvalue weighted by Crippen LogP contribution is 2.16. The first-order chi connectivity index (χ1) is 12.2. The smallest absolute Gasteiger partial charge is 0.251 e. The van der Waals surface area contributed by atoms with E-state index in [1.54, 1.807) is 11.8 Å². The molecule has 0 saturated carbocycles. The van der Waals surface area contributed by atoms with E-state index in [9.17, 15) is 4.79 Å². The molecule has 1 saturated heterocycles. The summed E-state index contributed by atoms with van der Waals surface area (Å²) in [7, 11) is 0. The second-order valence-electron chi connectivity index (χ2n) is 6.06. The van der Waals surface area contributed by atoms with Gasteiger partial charge in [0.1, 0.15) is 5.82 Å². The molecule has 1 aliphatic rings. The van der Waals surface area contributed by atoms with E-state index >= 15 is 0 Å². The lowest BCUT2D eigenvalue weighted by Gasteiger charge is -2.32. The van der Waals surface area contributed by atoms with Crippen molar-refractivity contribution in [2.75, 3.05) is 30.9 Å². The maximum absolute atomic E-state index is 12.2. The van der Waals surface area contributed by atoms with Crippen LogP contribution >= 0.6 is 11.8 Å². The molecular weight excluding hydrogens is 334 g/mol. The molecule has 5 nitrogen and oxygen atoms in total. The van der Waals surface area contributed by atoms with Gasteiger partial charge >= 0.3 is 0 Å². The van der Waals surface area contributed by atoms with Crippen molar-refractivity contribution in [1.29, 1.82) is 0 Å². The lowest BCUT2D eigenvalue weighted by molar-refractivity contribution is 0.0529. The number of hydrogen-bond acceptors (Lipinski definition) is 5. The van der Waals surface area contributed by atoms with Gasteiger partial charge in [0.15, 0.2) is 0 Å². The normalized spacial score (nSPS) is 17.4. The molecule has 1 atom stereocenters. The fourth-order valence-electron chi connectivity index (χ4n) is 2.76. The van der Waals surface area contributed by atoms with Gasteiger partial charge in [-0.2, -0.15) is 0 Å². The minimum Gasteiger partial charge on any atom is -0.375 e. The molecule has 1 fully saturated rings. The Morgan fingerprint density at radius 3 is 2.76 bits per heavy atom. The average Bonchev–Trinajstić information content (AvgIpc) is 2.66. The molecule has 2 heterocycles. The Morgan fingerprint density at radius 1 is 1.32 bits per heavy atom. The van der Waals surface area contributed by atoms with Gasteiger partial charge < -0.3 is 15.0 Å². The number of pyridine rings is 1. The van der Waals surface area contributed by atoms with Gasteiger partial charge in [0.2, 0.25) is 0 Å². The van der Waals surface area contributed by atoms with Gasteiger partial charge in [-0.05, 0) is 49.1 Å². The quantitative estimate of drug-likeness (QED) is 0.834. The molecule has 0 radical (unpaired) electrons. The van der Waals surface area contributed by atoms with Gasteiger partial charge in [-0.25, -0.2) is 4.98 Å². The summed E-state index contributed by atoms with van der Waals surface area (Å²) < 4.78 is 5.56. The van der Waals surface area contributed by atoms with Gasteiger partial charge in [0, 0.05) is 36.3 Å². The van der Waals surface area contributed by atoms with Crippen molar-refractivity contribution in [2.45, 2.75) is 24.5 Å². The fourth-order valence-corrected chi connectivity index (χ4v) is 3.17. The fraction of sp³-hybridized carbons (Fsp3) is 0.368. The molecule has 0 spiro atoms. The maximum Gasteiger partial charge on any atom is 0.251 e. The molecule has 0 aliphatic carbocycles. The number of benzene rings is 1. The first kappa shape index (κ1) is 17.8. The van der Waals surface area contributed by atoms with Crippen LogP contribution in [-0.2, 0) is 11.3 Å². The predicted molar refractivity (Wildman–Crippen MR) is 101 cm³/mol. The van der Waals surface area contributed by atoms with Gasteiger partial charge in [-0.1, -0.05) is 6.07 Å². The predicted octanol–water partition coefficient (Wildman–Crippen LogP) is 2.96. The number of ether oxygens (including phenoxy) is 1. The Balaban J connectivity index is 1.55. The van der Waals surface area contributed by atoms with Crippen LogP contribution in [0, 0.1) is 0 Å². The van der Waals surface area contributed by atoms with E-state index in [-0.39, 0.29) is 12.0 Å². The number of aromatic nitrogens is 1. The van der Waals surface area contributed by atoms with Crippen LogP contribution in [0.2, 0.25) is 0 Å². The zero-order valence-corrected chi connectivity index (χ0v) is 15.4. The first-order valence-electron chi connectivity index (χ1n) is 8.39. The number of carbonyl (C=O) groups is 1. The third-order valence-electron chi connectivity index (χ3n) is 4.18. The summed E-state index contributed by atoms with van der Waals surface area (Å²) >= 11 is 1.66. The van der Waals surface area contributed by atoms with Crippen molar-refractivity contribution in [3.8, 4) is 0 Å². The van der Waals surface area contributed by atoms with Crippen LogP contribution in [0.15, 0.2) is 47.5 Å². The SMILES string of the molecule is CSc1ccc(C(=O)NCc2ccc(N3CCOC(C)C3)nc2)cc1. The molecule has 6 heteroatoms. The topological polar surface area (TPSA) is 54.5 Å². The summed E-state index contributed by atoms with van der Waals surface area (Å²) in [5.74, 6) is 0.886. The molecule has 1 amide bonds. The zero-order chi connectivity index (χ0) is 17.6. The largest absolute Gasteiger partial charge is 0.375 e. The standard InChI is InChI=1S/C19H23N3O2S/c1-14-13-22(9-10-24-14)18-8-3-15(11-20-18)12-21-19(23)16-4-6-17(25-2)7-5-16/h3-8,11,14H,9-10,12-13H2,1-2H3,(H,21,23). The van der Waals surface area contributed by atoms with Crippen molar-refractivity contribution in [1.82, 2.24) is 10.3 Å². The number of nitrogens with zero attached hydrogens (tertiary/aromatic N) is 2. The van der Waals surface area contributed by atoms with E-state index in [4.69, 9.17) is 4.74 Å². The van der Waals surface area contributed by atoms with Crippen molar-refractivity contribution in [3.05, 3.63) is 53.7 Å². The van der Waals surface area contributed by atoms with Crippen molar-refractivity contribution < 1.29 is 9.53 Å². The molecule has 0 bridgehead atoms. The second kappa shape index (κ2) is 8.36. The minimum absolute atomic E-state index is 0.0706. The number of nitrogens with one attached hydrogen (secondary N) is 1. The van der Waals surface area contributed by atoms with Crippen LogP contribution in [0.4, 0.5) is 5.82 Å². The maximum atomic E-state index is 12.2. The van der Waals surface area contributed by atoms with E-state index in [1.165, 1.54) is 0 Å². The highest BCUT2D eigenvalue weighted by Gasteiger charge is 2.17.